The third-order valence-electron chi connectivity index (χ3n) is 4.05. The number of para-hydroxylation sites is 2. The molecule has 1 amide bonds. The van der Waals surface area contributed by atoms with Crippen LogP contribution in [0.4, 0.5) is 0 Å². The zero-order valence-electron chi connectivity index (χ0n) is 13.7. The van der Waals surface area contributed by atoms with E-state index in [2.05, 4.69) is 15.3 Å². The molecule has 0 saturated heterocycles. The second kappa shape index (κ2) is 7.27. The number of imidazole rings is 1. The molecule has 5 nitrogen and oxygen atoms in total. The molecule has 0 atom stereocenters. The lowest BCUT2D eigenvalue weighted by atomic mass is 10.2. The summed E-state index contributed by atoms with van der Waals surface area (Å²) in [5.74, 6) is 0.588. The van der Waals surface area contributed by atoms with Gasteiger partial charge in [0, 0.05) is 16.9 Å². The Morgan fingerprint density at radius 1 is 1.15 bits per heavy atom. The van der Waals surface area contributed by atoms with Crippen molar-refractivity contribution in [3.05, 3.63) is 70.0 Å². The van der Waals surface area contributed by atoms with E-state index in [1.54, 1.807) is 5.51 Å². The number of rotatable bonds is 5. The summed E-state index contributed by atoms with van der Waals surface area (Å²) in [6.07, 6.45) is 0. The third-order valence-corrected chi connectivity index (χ3v) is 5.01. The standard InChI is InChI=1S/C19H15ClN4OS/c20-14-6-2-1-5-13(14)9-21-18(25)10-24-17-8-4-3-7-15(17)23-19(24)16-11-26-12-22-16/h1-8,11-12H,9-10H2,(H,21,25). The maximum atomic E-state index is 12.5. The van der Waals surface area contributed by atoms with Crippen LogP contribution in [0.15, 0.2) is 59.4 Å². The fraction of sp³-hybridized carbons (Fsp3) is 0.105. The van der Waals surface area contributed by atoms with Crippen molar-refractivity contribution in [2.24, 2.45) is 0 Å². The first-order valence-electron chi connectivity index (χ1n) is 8.06. The van der Waals surface area contributed by atoms with E-state index in [4.69, 9.17) is 11.6 Å². The highest BCUT2D eigenvalue weighted by molar-refractivity contribution is 7.07. The molecule has 2 aromatic heterocycles. The van der Waals surface area contributed by atoms with Gasteiger partial charge in [0.05, 0.1) is 16.5 Å². The number of nitrogens with zero attached hydrogens (tertiary/aromatic N) is 3. The van der Waals surface area contributed by atoms with Crippen LogP contribution in [0.3, 0.4) is 0 Å². The van der Waals surface area contributed by atoms with Crippen LogP contribution in [0.1, 0.15) is 5.56 Å². The Balaban J connectivity index is 1.59. The van der Waals surface area contributed by atoms with E-state index in [9.17, 15) is 4.79 Å². The minimum absolute atomic E-state index is 0.107. The van der Waals surface area contributed by atoms with E-state index in [-0.39, 0.29) is 12.5 Å². The van der Waals surface area contributed by atoms with Crippen LogP contribution in [0.2, 0.25) is 5.02 Å². The number of carbonyl (C=O) groups is 1. The lowest BCUT2D eigenvalue weighted by Crippen LogP contribution is -2.27. The molecule has 1 N–H and O–H groups in total. The highest BCUT2D eigenvalue weighted by Gasteiger charge is 2.16. The molecule has 0 fully saturated rings. The summed E-state index contributed by atoms with van der Waals surface area (Å²) in [6.45, 7) is 0.551. The third kappa shape index (κ3) is 3.34. The van der Waals surface area contributed by atoms with Gasteiger partial charge in [-0.2, -0.15) is 0 Å². The van der Waals surface area contributed by atoms with Gasteiger partial charge < -0.3 is 9.88 Å². The van der Waals surface area contributed by atoms with Crippen LogP contribution >= 0.6 is 22.9 Å². The Bertz CT molecular complexity index is 1060. The van der Waals surface area contributed by atoms with Gasteiger partial charge in [0.15, 0.2) is 5.82 Å². The molecule has 7 heteroatoms. The SMILES string of the molecule is O=C(Cn1c(-c2cscn2)nc2ccccc21)NCc1ccccc1Cl. The summed E-state index contributed by atoms with van der Waals surface area (Å²) in [7, 11) is 0. The smallest absolute Gasteiger partial charge is 0.240 e. The van der Waals surface area contributed by atoms with Crippen LogP contribution in [-0.2, 0) is 17.9 Å². The van der Waals surface area contributed by atoms with Crippen molar-refractivity contribution >= 4 is 39.9 Å². The number of nitrogens with one attached hydrogen (secondary N) is 1. The highest BCUT2D eigenvalue weighted by Crippen LogP contribution is 2.24. The Morgan fingerprint density at radius 3 is 2.77 bits per heavy atom. The van der Waals surface area contributed by atoms with Gasteiger partial charge in [-0.1, -0.05) is 41.9 Å². The zero-order valence-corrected chi connectivity index (χ0v) is 15.3. The molecule has 2 aromatic carbocycles. The van der Waals surface area contributed by atoms with Gasteiger partial charge in [-0.25, -0.2) is 9.97 Å². The van der Waals surface area contributed by atoms with E-state index < -0.39 is 0 Å². The summed E-state index contributed by atoms with van der Waals surface area (Å²) in [6, 6.07) is 15.2. The van der Waals surface area contributed by atoms with E-state index in [1.165, 1.54) is 11.3 Å². The fourth-order valence-electron chi connectivity index (χ4n) is 2.79. The summed E-state index contributed by atoms with van der Waals surface area (Å²) in [5.41, 5.74) is 5.16. The second-order valence-electron chi connectivity index (χ2n) is 5.75. The average Bonchev–Trinajstić information content (AvgIpc) is 3.29. The monoisotopic (exact) mass is 382 g/mol. The summed E-state index contributed by atoms with van der Waals surface area (Å²) in [4.78, 5) is 21.5. The van der Waals surface area contributed by atoms with Gasteiger partial charge in [-0.05, 0) is 23.8 Å². The predicted molar refractivity (Wildman–Crippen MR) is 104 cm³/mol. The molecule has 26 heavy (non-hydrogen) atoms. The highest BCUT2D eigenvalue weighted by atomic mass is 35.5. The van der Waals surface area contributed by atoms with Crippen molar-refractivity contribution in [2.45, 2.75) is 13.1 Å². The van der Waals surface area contributed by atoms with Crippen molar-refractivity contribution in [1.82, 2.24) is 19.9 Å². The van der Waals surface area contributed by atoms with Crippen molar-refractivity contribution in [3.8, 4) is 11.5 Å². The minimum atomic E-state index is -0.107. The quantitative estimate of drug-likeness (QED) is 0.564. The Hall–Kier alpha value is -2.70. The largest absolute Gasteiger partial charge is 0.350 e. The van der Waals surface area contributed by atoms with Crippen molar-refractivity contribution in [2.75, 3.05) is 0 Å². The molecule has 0 saturated carbocycles. The lowest BCUT2D eigenvalue weighted by Gasteiger charge is -2.10. The number of thiazole rings is 1. The number of amides is 1. The maximum absolute atomic E-state index is 12.5. The molecule has 0 radical (unpaired) electrons. The van der Waals surface area contributed by atoms with E-state index in [1.807, 2.05) is 58.5 Å². The Kier molecular flexibility index (Phi) is 4.69. The molecular weight excluding hydrogens is 368 g/mol. The fourth-order valence-corrected chi connectivity index (χ4v) is 3.52. The van der Waals surface area contributed by atoms with Gasteiger partial charge >= 0.3 is 0 Å². The van der Waals surface area contributed by atoms with Crippen molar-refractivity contribution in [1.29, 1.82) is 0 Å². The van der Waals surface area contributed by atoms with Gasteiger partial charge in [-0.15, -0.1) is 11.3 Å². The van der Waals surface area contributed by atoms with Crippen LogP contribution < -0.4 is 5.32 Å². The number of halogens is 1. The number of aromatic nitrogens is 3. The van der Waals surface area contributed by atoms with Crippen LogP contribution in [0.5, 0.6) is 0 Å². The summed E-state index contributed by atoms with van der Waals surface area (Å²) in [5, 5.41) is 5.50. The Labute approximate surface area is 159 Å². The van der Waals surface area contributed by atoms with Crippen molar-refractivity contribution in [3.63, 3.8) is 0 Å². The second-order valence-corrected chi connectivity index (χ2v) is 6.88. The molecule has 0 aliphatic heterocycles. The molecule has 0 unspecified atom stereocenters. The number of hydrogen-bond acceptors (Lipinski definition) is 4. The predicted octanol–water partition coefficient (Wildman–Crippen LogP) is 4.13. The number of carbonyl (C=O) groups excluding carboxylic acids is 1. The molecule has 4 rings (SSSR count). The number of fused-ring (bicyclic) bond motifs is 1. The van der Waals surface area contributed by atoms with E-state index in [0.29, 0.717) is 17.4 Å². The zero-order chi connectivity index (χ0) is 17.9. The molecule has 130 valence electrons. The first-order valence-corrected chi connectivity index (χ1v) is 9.38. The summed E-state index contributed by atoms with van der Waals surface area (Å²) >= 11 is 7.65. The van der Waals surface area contributed by atoms with Crippen LogP contribution in [0.25, 0.3) is 22.6 Å². The van der Waals surface area contributed by atoms with E-state index in [0.717, 1.165) is 22.3 Å². The molecule has 0 spiro atoms. The first-order chi connectivity index (χ1) is 12.7. The average molecular weight is 383 g/mol. The molecule has 2 heterocycles. The van der Waals surface area contributed by atoms with Gasteiger partial charge in [0.2, 0.25) is 5.91 Å². The topological polar surface area (TPSA) is 59.8 Å². The number of hydrogen-bond donors (Lipinski definition) is 1. The maximum Gasteiger partial charge on any atom is 0.240 e. The van der Waals surface area contributed by atoms with Gasteiger partial charge in [0.25, 0.3) is 0 Å². The Morgan fingerprint density at radius 2 is 1.96 bits per heavy atom. The number of benzene rings is 2. The van der Waals surface area contributed by atoms with Crippen LogP contribution in [-0.4, -0.2) is 20.4 Å². The minimum Gasteiger partial charge on any atom is -0.350 e. The van der Waals surface area contributed by atoms with Crippen molar-refractivity contribution < 1.29 is 4.79 Å². The molecular formula is C19H15ClN4OS. The lowest BCUT2D eigenvalue weighted by molar-refractivity contribution is -0.121. The van der Waals surface area contributed by atoms with E-state index >= 15 is 0 Å². The van der Waals surface area contributed by atoms with Gasteiger partial charge in [0.1, 0.15) is 12.2 Å². The molecule has 4 aromatic rings. The normalized spacial score (nSPS) is 11.0. The molecule has 0 aliphatic rings. The molecule has 0 aliphatic carbocycles. The molecule has 0 bridgehead atoms. The van der Waals surface area contributed by atoms with Crippen LogP contribution in [0, 0.1) is 0 Å². The first kappa shape index (κ1) is 16.8. The van der Waals surface area contributed by atoms with Gasteiger partial charge in [-0.3, -0.25) is 4.79 Å². The summed E-state index contributed by atoms with van der Waals surface area (Å²) < 4.78 is 1.90.